The van der Waals surface area contributed by atoms with E-state index >= 15 is 0 Å². The topological polar surface area (TPSA) is 67.4 Å². The van der Waals surface area contributed by atoms with Crippen molar-refractivity contribution < 1.29 is 18.7 Å². The lowest BCUT2D eigenvalue weighted by molar-refractivity contribution is -0.129. The van der Waals surface area contributed by atoms with Crippen LogP contribution in [0.4, 0.5) is 4.39 Å². The Morgan fingerprint density at radius 2 is 2.19 bits per heavy atom. The van der Waals surface area contributed by atoms with Crippen LogP contribution in [0.5, 0.6) is 5.75 Å². The summed E-state index contributed by atoms with van der Waals surface area (Å²) in [6, 6.07) is 5.55. The van der Waals surface area contributed by atoms with Gasteiger partial charge >= 0.3 is 0 Å². The molecule has 2 rings (SSSR count). The van der Waals surface area contributed by atoms with Crippen LogP contribution in [0, 0.1) is 5.82 Å². The lowest BCUT2D eigenvalue weighted by Gasteiger charge is -2.15. The summed E-state index contributed by atoms with van der Waals surface area (Å²) in [5, 5.41) is 5.44. The molecule has 1 aromatic rings. The molecule has 2 amide bonds. The van der Waals surface area contributed by atoms with Gasteiger partial charge in [-0.1, -0.05) is 12.1 Å². The number of halogens is 1. The number of benzene rings is 1. The predicted octanol–water partition coefficient (Wildman–Crippen LogP) is 1.38. The molecule has 0 bridgehead atoms. The maximum Gasteiger partial charge on any atom is 0.242 e. The highest BCUT2D eigenvalue weighted by atomic mass is 19.1. The van der Waals surface area contributed by atoms with Gasteiger partial charge in [-0.15, -0.1) is 0 Å². The van der Waals surface area contributed by atoms with E-state index in [4.69, 9.17) is 4.74 Å². The summed E-state index contributed by atoms with van der Waals surface area (Å²) in [6.07, 6.45) is 2.55. The molecule has 2 N–H and O–H groups in total. The first-order valence-corrected chi connectivity index (χ1v) is 7.11. The van der Waals surface area contributed by atoms with E-state index in [0.717, 1.165) is 12.8 Å². The molecule has 1 saturated heterocycles. The maximum absolute atomic E-state index is 13.3. The van der Waals surface area contributed by atoms with E-state index in [1.54, 1.807) is 12.1 Å². The number of ether oxygens (including phenoxy) is 1. The molecule has 0 aromatic heterocycles. The Morgan fingerprint density at radius 1 is 1.38 bits per heavy atom. The molecular weight excluding hydrogens is 275 g/mol. The number of amides is 2. The lowest BCUT2D eigenvalue weighted by Crippen LogP contribution is -2.45. The summed E-state index contributed by atoms with van der Waals surface area (Å²) >= 11 is 0. The number of carbonyl (C=O) groups is 2. The van der Waals surface area contributed by atoms with Crippen molar-refractivity contribution >= 4 is 11.8 Å². The molecular formula is C15H19FN2O3. The van der Waals surface area contributed by atoms with Crippen LogP contribution in [-0.2, 0) is 9.59 Å². The Labute approximate surface area is 122 Å². The average molecular weight is 294 g/mol. The fraction of sp³-hybridized carbons (Fsp3) is 0.467. The molecule has 0 unspecified atom stereocenters. The van der Waals surface area contributed by atoms with Gasteiger partial charge in [-0.2, -0.15) is 0 Å². The molecule has 0 spiro atoms. The molecule has 1 aromatic carbocycles. The van der Waals surface area contributed by atoms with Crippen molar-refractivity contribution in [2.24, 2.45) is 0 Å². The quantitative estimate of drug-likeness (QED) is 0.862. The zero-order valence-corrected chi connectivity index (χ0v) is 11.7. The largest absolute Gasteiger partial charge is 0.490 e. The second-order valence-corrected chi connectivity index (χ2v) is 4.94. The van der Waals surface area contributed by atoms with Gasteiger partial charge in [0.25, 0.3) is 0 Å². The highest BCUT2D eigenvalue weighted by Gasteiger charge is 2.22. The minimum atomic E-state index is -0.478. The van der Waals surface area contributed by atoms with Crippen LogP contribution in [0.15, 0.2) is 24.3 Å². The van der Waals surface area contributed by atoms with Gasteiger partial charge in [0.15, 0.2) is 11.6 Å². The first-order chi connectivity index (χ1) is 10.2. The summed E-state index contributed by atoms with van der Waals surface area (Å²) in [4.78, 5) is 23.5. The van der Waals surface area contributed by atoms with Crippen LogP contribution in [0.25, 0.3) is 0 Å². The molecule has 0 saturated carbocycles. The first kappa shape index (κ1) is 15.3. The van der Waals surface area contributed by atoms with Gasteiger partial charge in [-0.05, 0) is 31.4 Å². The Kier molecular flexibility index (Phi) is 5.54. The van der Waals surface area contributed by atoms with Crippen LogP contribution in [0.2, 0.25) is 0 Å². The Balaban J connectivity index is 1.74. The Morgan fingerprint density at radius 3 is 3.00 bits per heavy atom. The smallest absolute Gasteiger partial charge is 0.242 e. The highest BCUT2D eigenvalue weighted by molar-refractivity contribution is 5.87. The number of carbonyl (C=O) groups excluding carboxylic acids is 2. The summed E-state index contributed by atoms with van der Waals surface area (Å²) in [5.74, 6) is -0.747. The van der Waals surface area contributed by atoms with Crippen molar-refractivity contribution in [2.75, 3.05) is 13.2 Å². The van der Waals surface area contributed by atoms with E-state index in [1.165, 1.54) is 12.1 Å². The molecule has 0 radical (unpaired) electrons. The molecule has 6 heteroatoms. The van der Waals surface area contributed by atoms with Gasteiger partial charge < -0.3 is 15.4 Å². The lowest BCUT2D eigenvalue weighted by atomic mass is 10.1. The monoisotopic (exact) mass is 294 g/mol. The van der Waals surface area contributed by atoms with E-state index in [0.29, 0.717) is 13.0 Å². The van der Waals surface area contributed by atoms with Gasteiger partial charge in [0.2, 0.25) is 11.8 Å². The van der Waals surface area contributed by atoms with E-state index < -0.39 is 11.9 Å². The van der Waals surface area contributed by atoms with E-state index in [-0.39, 0.29) is 30.6 Å². The number of hydrogen-bond acceptors (Lipinski definition) is 3. The van der Waals surface area contributed by atoms with E-state index in [9.17, 15) is 14.0 Å². The molecule has 1 aliphatic heterocycles. The van der Waals surface area contributed by atoms with Gasteiger partial charge in [-0.3, -0.25) is 9.59 Å². The van der Waals surface area contributed by atoms with E-state index in [2.05, 4.69) is 10.6 Å². The van der Waals surface area contributed by atoms with Crippen molar-refractivity contribution in [3.63, 3.8) is 0 Å². The van der Waals surface area contributed by atoms with Crippen molar-refractivity contribution in [3.8, 4) is 5.75 Å². The zero-order valence-electron chi connectivity index (χ0n) is 11.7. The number of rotatable bonds is 5. The van der Waals surface area contributed by atoms with Gasteiger partial charge in [0, 0.05) is 6.54 Å². The van der Waals surface area contributed by atoms with Gasteiger partial charge in [0.1, 0.15) is 6.04 Å². The second-order valence-electron chi connectivity index (χ2n) is 4.94. The Bertz CT molecular complexity index is 507. The SMILES string of the molecule is O=C(CCOc1ccccc1F)N[C@@H]1CCCCNC1=O. The summed E-state index contributed by atoms with van der Waals surface area (Å²) < 4.78 is 18.5. The van der Waals surface area contributed by atoms with E-state index in [1.807, 2.05) is 0 Å². The first-order valence-electron chi connectivity index (χ1n) is 7.11. The number of para-hydroxylation sites is 1. The van der Waals surface area contributed by atoms with Crippen molar-refractivity contribution in [3.05, 3.63) is 30.1 Å². The van der Waals surface area contributed by atoms with Crippen LogP contribution in [-0.4, -0.2) is 31.0 Å². The fourth-order valence-electron chi connectivity index (χ4n) is 2.16. The standard InChI is InChI=1S/C15H19FN2O3/c16-11-5-1-2-7-13(11)21-10-8-14(19)18-12-6-3-4-9-17-15(12)20/h1-2,5,7,12H,3-4,6,8-10H2,(H,17,20)(H,18,19)/t12-/m1/s1. The van der Waals surface area contributed by atoms with Crippen LogP contribution in [0.1, 0.15) is 25.7 Å². The average Bonchev–Trinajstić information content (AvgIpc) is 2.66. The third kappa shape index (κ3) is 4.73. The molecule has 1 atom stereocenters. The molecule has 1 heterocycles. The minimum Gasteiger partial charge on any atom is -0.490 e. The van der Waals surface area contributed by atoms with Gasteiger partial charge in [-0.25, -0.2) is 4.39 Å². The van der Waals surface area contributed by atoms with Crippen molar-refractivity contribution in [1.82, 2.24) is 10.6 Å². The molecule has 21 heavy (non-hydrogen) atoms. The molecule has 114 valence electrons. The third-order valence-electron chi connectivity index (χ3n) is 3.29. The Hall–Kier alpha value is -2.11. The van der Waals surface area contributed by atoms with Crippen LogP contribution >= 0.6 is 0 Å². The highest BCUT2D eigenvalue weighted by Crippen LogP contribution is 2.15. The summed E-state index contributed by atoms with van der Waals surface area (Å²) in [6.45, 7) is 0.725. The minimum absolute atomic E-state index is 0.0705. The fourth-order valence-corrected chi connectivity index (χ4v) is 2.16. The number of hydrogen-bond donors (Lipinski definition) is 2. The summed E-state index contributed by atoms with van der Waals surface area (Å²) in [7, 11) is 0. The normalized spacial score (nSPS) is 18.5. The van der Waals surface area contributed by atoms with Crippen LogP contribution in [0.3, 0.4) is 0 Å². The molecule has 1 aliphatic rings. The second kappa shape index (κ2) is 7.61. The zero-order chi connectivity index (χ0) is 15.1. The van der Waals surface area contributed by atoms with Gasteiger partial charge in [0.05, 0.1) is 13.0 Å². The third-order valence-corrected chi connectivity index (χ3v) is 3.29. The predicted molar refractivity (Wildman–Crippen MR) is 75.3 cm³/mol. The van der Waals surface area contributed by atoms with Crippen LogP contribution < -0.4 is 15.4 Å². The number of nitrogens with one attached hydrogen (secondary N) is 2. The maximum atomic E-state index is 13.3. The van der Waals surface area contributed by atoms with Crippen molar-refractivity contribution in [1.29, 1.82) is 0 Å². The molecule has 5 nitrogen and oxygen atoms in total. The van der Waals surface area contributed by atoms with Crippen molar-refractivity contribution in [2.45, 2.75) is 31.7 Å². The molecule has 0 aliphatic carbocycles. The summed E-state index contributed by atoms with van der Waals surface area (Å²) in [5.41, 5.74) is 0. The molecule has 1 fully saturated rings.